The average Bonchev–Trinajstić information content (AvgIpc) is 2.19. The zero-order valence-electron chi connectivity index (χ0n) is 12.2. The number of amides is 1. The second-order valence-corrected chi connectivity index (χ2v) is 8.08. The molecule has 0 saturated carbocycles. The zero-order chi connectivity index (χ0) is 15.2. The van der Waals surface area contributed by atoms with Gasteiger partial charge >= 0.3 is 12.1 Å². The smallest absolute Gasteiger partial charge is 0.408 e. The van der Waals surface area contributed by atoms with E-state index in [-0.39, 0.29) is 11.2 Å². The van der Waals surface area contributed by atoms with Crippen LogP contribution >= 0.6 is 21.6 Å². The van der Waals surface area contributed by atoms with Crippen molar-refractivity contribution in [3.63, 3.8) is 0 Å². The molecule has 0 fully saturated rings. The normalized spacial score (nSPS) is 14.9. The first-order valence-electron chi connectivity index (χ1n) is 6.00. The first-order valence-corrected chi connectivity index (χ1v) is 8.62. The van der Waals surface area contributed by atoms with Crippen LogP contribution in [0.1, 0.15) is 34.6 Å². The monoisotopic (exact) mass is 309 g/mol. The molecule has 0 spiro atoms. The van der Waals surface area contributed by atoms with Crippen molar-refractivity contribution in [2.45, 2.75) is 51.5 Å². The van der Waals surface area contributed by atoms with Gasteiger partial charge in [-0.3, -0.25) is 0 Å². The molecule has 19 heavy (non-hydrogen) atoms. The quantitative estimate of drug-likeness (QED) is 0.735. The fourth-order valence-corrected chi connectivity index (χ4v) is 3.79. The highest BCUT2D eigenvalue weighted by molar-refractivity contribution is 8.76. The molecular formula is C12H23NO4S2. The van der Waals surface area contributed by atoms with Crippen molar-refractivity contribution in [3.05, 3.63) is 0 Å². The molecular weight excluding hydrogens is 286 g/mol. The van der Waals surface area contributed by atoms with Gasteiger partial charge in [-0.1, -0.05) is 35.4 Å². The van der Waals surface area contributed by atoms with E-state index in [4.69, 9.17) is 4.74 Å². The Balaban J connectivity index is 4.81. The minimum absolute atomic E-state index is 0.119. The Morgan fingerprint density at radius 1 is 1.26 bits per heavy atom. The third kappa shape index (κ3) is 7.57. The lowest BCUT2D eigenvalue weighted by atomic mass is 10.0. The van der Waals surface area contributed by atoms with Crippen LogP contribution in [0.2, 0.25) is 0 Å². The molecule has 0 aromatic heterocycles. The number of carbonyl (C=O) groups is 2. The number of rotatable bonds is 6. The van der Waals surface area contributed by atoms with Gasteiger partial charge in [-0.25, -0.2) is 9.59 Å². The maximum atomic E-state index is 11.7. The second-order valence-electron chi connectivity index (χ2n) is 5.43. The maximum Gasteiger partial charge on any atom is 0.408 e. The third-order valence-electron chi connectivity index (χ3n) is 2.13. The molecule has 0 rings (SSSR count). The molecule has 0 unspecified atom stereocenters. The van der Waals surface area contributed by atoms with Gasteiger partial charge in [-0.2, -0.15) is 0 Å². The molecule has 0 aromatic rings. The van der Waals surface area contributed by atoms with Gasteiger partial charge in [0.05, 0.1) is 0 Å². The lowest BCUT2D eigenvalue weighted by molar-refractivity contribution is -0.139. The summed E-state index contributed by atoms with van der Waals surface area (Å²) in [6.07, 6.45) is 1.18. The molecule has 2 atom stereocenters. The van der Waals surface area contributed by atoms with Crippen LogP contribution in [-0.4, -0.2) is 40.3 Å². The highest BCUT2D eigenvalue weighted by Gasteiger charge is 2.33. The van der Waals surface area contributed by atoms with Gasteiger partial charge in [-0.05, 0) is 32.9 Å². The van der Waals surface area contributed by atoms with Crippen molar-refractivity contribution in [2.75, 3.05) is 6.26 Å². The van der Waals surface area contributed by atoms with E-state index in [0.717, 1.165) is 0 Å². The number of aliphatic carboxylic acids is 1. The van der Waals surface area contributed by atoms with Crippen molar-refractivity contribution in [1.82, 2.24) is 5.32 Å². The first-order chi connectivity index (χ1) is 8.58. The van der Waals surface area contributed by atoms with Crippen molar-refractivity contribution in [2.24, 2.45) is 5.92 Å². The summed E-state index contributed by atoms with van der Waals surface area (Å²) >= 11 is 0. The Hall–Kier alpha value is -0.560. The SMILES string of the molecule is CSS[C@@H](C(C)C)[C@H](NC(=O)OC(C)(C)C)C(=O)O. The highest BCUT2D eigenvalue weighted by atomic mass is 33.1. The number of alkyl carbamates (subject to hydrolysis) is 1. The number of hydrogen-bond donors (Lipinski definition) is 2. The van der Waals surface area contributed by atoms with E-state index in [9.17, 15) is 14.7 Å². The van der Waals surface area contributed by atoms with Gasteiger partial charge in [0.15, 0.2) is 0 Å². The van der Waals surface area contributed by atoms with E-state index in [2.05, 4.69) is 5.32 Å². The molecule has 0 aromatic carbocycles. The lowest BCUT2D eigenvalue weighted by Crippen LogP contribution is -2.50. The second kappa shape index (κ2) is 7.89. The summed E-state index contributed by atoms with van der Waals surface area (Å²) in [6.45, 7) is 9.07. The molecule has 7 heteroatoms. The molecule has 0 bridgehead atoms. The Morgan fingerprint density at radius 3 is 2.11 bits per heavy atom. The molecule has 112 valence electrons. The summed E-state index contributed by atoms with van der Waals surface area (Å²) in [4.78, 5) is 23.0. The van der Waals surface area contributed by atoms with Gasteiger partial charge in [-0.15, -0.1) is 0 Å². The Morgan fingerprint density at radius 2 is 1.79 bits per heavy atom. The number of carbonyl (C=O) groups excluding carboxylic acids is 1. The minimum atomic E-state index is -1.05. The van der Waals surface area contributed by atoms with Crippen molar-refractivity contribution < 1.29 is 19.4 Å². The molecule has 0 saturated heterocycles. The highest BCUT2D eigenvalue weighted by Crippen LogP contribution is 2.31. The van der Waals surface area contributed by atoms with Crippen LogP contribution in [0.4, 0.5) is 4.79 Å². The largest absolute Gasteiger partial charge is 0.480 e. The third-order valence-corrected chi connectivity index (χ3v) is 4.61. The minimum Gasteiger partial charge on any atom is -0.480 e. The summed E-state index contributed by atoms with van der Waals surface area (Å²) < 4.78 is 5.10. The van der Waals surface area contributed by atoms with Gasteiger partial charge < -0.3 is 15.2 Å². The van der Waals surface area contributed by atoms with Crippen LogP contribution in [0.5, 0.6) is 0 Å². The van der Waals surface area contributed by atoms with Crippen molar-refractivity contribution in [3.8, 4) is 0 Å². The van der Waals surface area contributed by atoms with E-state index >= 15 is 0 Å². The molecule has 0 radical (unpaired) electrons. The predicted molar refractivity (Wildman–Crippen MR) is 80.5 cm³/mol. The zero-order valence-corrected chi connectivity index (χ0v) is 13.9. The number of carboxylic acid groups (broad SMARTS) is 1. The van der Waals surface area contributed by atoms with E-state index in [1.54, 1.807) is 20.8 Å². The lowest BCUT2D eigenvalue weighted by Gasteiger charge is -2.28. The average molecular weight is 309 g/mol. The van der Waals surface area contributed by atoms with Gasteiger partial charge in [0, 0.05) is 5.25 Å². The summed E-state index contributed by atoms with van der Waals surface area (Å²) in [5.74, 6) is -0.931. The summed E-state index contributed by atoms with van der Waals surface area (Å²) in [7, 11) is 2.93. The number of carboxylic acids is 1. The van der Waals surface area contributed by atoms with Crippen molar-refractivity contribution >= 4 is 33.7 Å². The molecule has 1 amide bonds. The van der Waals surface area contributed by atoms with Crippen LogP contribution in [0, 0.1) is 5.92 Å². The Bertz CT molecular complexity index is 315. The van der Waals surface area contributed by atoms with Crippen LogP contribution in [0.15, 0.2) is 0 Å². The summed E-state index contributed by atoms with van der Waals surface area (Å²) in [6, 6.07) is -0.965. The summed E-state index contributed by atoms with van der Waals surface area (Å²) in [5, 5.41) is 11.5. The Kier molecular flexibility index (Phi) is 7.66. The maximum absolute atomic E-state index is 11.7. The molecule has 0 aliphatic heterocycles. The molecule has 5 nitrogen and oxygen atoms in total. The van der Waals surface area contributed by atoms with Crippen LogP contribution in [0.25, 0.3) is 0 Å². The fourth-order valence-electron chi connectivity index (χ4n) is 1.38. The van der Waals surface area contributed by atoms with E-state index in [0.29, 0.717) is 0 Å². The fraction of sp³-hybridized carbons (Fsp3) is 0.833. The van der Waals surface area contributed by atoms with E-state index < -0.39 is 23.7 Å². The molecule has 0 heterocycles. The summed E-state index contributed by atoms with van der Waals surface area (Å²) in [5.41, 5.74) is -0.646. The van der Waals surface area contributed by atoms with Crippen molar-refractivity contribution in [1.29, 1.82) is 0 Å². The first kappa shape index (κ1) is 18.4. The van der Waals surface area contributed by atoms with Crippen LogP contribution in [-0.2, 0) is 9.53 Å². The molecule has 0 aliphatic rings. The van der Waals surface area contributed by atoms with Gasteiger partial charge in [0.25, 0.3) is 0 Å². The van der Waals surface area contributed by atoms with Crippen LogP contribution in [0.3, 0.4) is 0 Å². The predicted octanol–water partition coefficient (Wildman–Crippen LogP) is 3.00. The van der Waals surface area contributed by atoms with Crippen LogP contribution < -0.4 is 5.32 Å². The van der Waals surface area contributed by atoms with Gasteiger partial charge in [0.1, 0.15) is 11.6 Å². The topological polar surface area (TPSA) is 75.6 Å². The number of ether oxygens (including phenoxy) is 1. The van der Waals surface area contributed by atoms with Gasteiger partial charge in [0.2, 0.25) is 0 Å². The van der Waals surface area contributed by atoms with E-state index in [1.807, 2.05) is 20.1 Å². The van der Waals surface area contributed by atoms with E-state index in [1.165, 1.54) is 21.6 Å². The number of hydrogen-bond acceptors (Lipinski definition) is 5. The standard InChI is InChI=1S/C12H23NO4S2/c1-7(2)9(19-18-6)8(10(14)15)13-11(16)17-12(3,4)5/h7-9H,1-6H3,(H,13,16)(H,14,15)/t8-,9-/m0/s1. The number of nitrogens with one attached hydrogen (secondary N) is 1. The Labute approximate surface area is 122 Å². The molecule has 0 aliphatic carbocycles. The molecule has 2 N–H and O–H groups in total.